The van der Waals surface area contributed by atoms with Crippen LogP contribution in [0.2, 0.25) is 0 Å². The van der Waals surface area contributed by atoms with Crippen LogP contribution in [0, 0.1) is 0 Å². The number of carbonyl (C=O) groups excluding carboxylic acids is 2. The minimum absolute atomic E-state index is 0.0438. The Labute approximate surface area is 356 Å². The molecule has 1 N–H and O–H groups in total. The molecule has 2 atom stereocenters. The molecule has 0 aliphatic rings. The van der Waals surface area contributed by atoms with E-state index < -0.39 is 18.1 Å². The van der Waals surface area contributed by atoms with Crippen molar-refractivity contribution in [1.29, 1.82) is 0 Å². The number of carbonyl (C=O) groups is 3. The van der Waals surface area contributed by atoms with Gasteiger partial charge < -0.3 is 23.8 Å². The summed E-state index contributed by atoms with van der Waals surface area (Å²) in [5.74, 6) is -1.52. The van der Waals surface area contributed by atoms with Crippen LogP contribution >= 0.6 is 0 Å². The molecule has 0 bridgehead atoms. The second kappa shape index (κ2) is 41.0. The fraction of sp³-hybridized carbons (Fsp3) is 0.780. The van der Waals surface area contributed by atoms with Gasteiger partial charge in [-0.1, -0.05) is 159 Å². The Kier molecular flexibility index (Phi) is 39.1. The van der Waals surface area contributed by atoms with Gasteiger partial charge in [0.1, 0.15) is 6.61 Å². The topological polar surface area (TPSA) is 99.1 Å². The molecule has 0 fully saturated rings. The van der Waals surface area contributed by atoms with Crippen molar-refractivity contribution in [2.45, 2.75) is 212 Å². The van der Waals surface area contributed by atoms with Crippen molar-refractivity contribution in [3.8, 4) is 0 Å². The molecule has 2 unspecified atom stereocenters. The molecule has 0 amide bonds. The molecule has 0 spiro atoms. The smallest absolute Gasteiger partial charge is 0.362 e. The fourth-order valence-electron chi connectivity index (χ4n) is 6.81. The lowest BCUT2D eigenvalue weighted by atomic mass is 10.0. The van der Waals surface area contributed by atoms with Crippen LogP contribution in [0.4, 0.5) is 0 Å². The molecule has 0 aromatic rings. The number of likely N-dealkylation sites (N-methyl/N-ethyl adjacent to an activating group) is 1. The van der Waals surface area contributed by atoms with E-state index in [1.807, 2.05) is 21.1 Å². The Hall–Kier alpha value is -2.71. The van der Waals surface area contributed by atoms with Gasteiger partial charge in [-0.2, -0.15) is 0 Å². The maximum absolute atomic E-state index is 12.7. The molecule has 8 heteroatoms. The van der Waals surface area contributed by atoms with Crippen LogP contribution in [0.5, 0.6) is 0 Å². The van der Waals surface area contributed by atoms with Gasteiger partial charge in [-0.3, -0.25) is 9.59 Å². The molecule has 0 radical (unpaired) electrons. The van der Waals surface area contributed by atoms with Crippen LogP contribution in [0.1, 0.15) is 200 Å². The molecule has 0 aliphatic carbocycles. The number of carboxylic acid groups (broad SMARTS) is 1. The van der Waals surface area contributed by atoms with E-state index in [1.54, 1.807) is 0 Å². The summed E-state index contributed by atoms with van der Waals surface area (Å²) in [6, 6.07) is -0.622. The molecular weight excluding hydrogens is 727 g/mol. The molecular formula is C50H90NO7+. The lowest BCUT2D eigenvalue weighted by Gasteiger charge is -2.31. The Balaban J connectivity index is 4.24. The van der Waals surface area contributed by atoms with Gasteiger partial charge in [0.15, 0.2) is 12.1 Å². The van der Waals surface area contributed by atoms with Crippen molar-refractivity contribution in [2.24, 2.45) is 0 Å². The van der Waals surface area contributed by atoms with Crippen molar-refractivity contribution in [3.05, 3.63) is 48.6 Å². The minimum Gasteiger partial charge on any atom is -0.477 e. The standard InChI is InChI=1S/C50H89NO7/c1-6-8-10-12-14-16-18-20-21-22-23-24-25-26-27-28-29-31-32-34-36-38-40-48(52)57-45-46(44-56-43-42-47(50(54)55)51(3,4)5)58-49(53)41-39-37-35-33-30-19-17-15-13-11-9-7-2/h9,11,15,17,25-26,30,33,46-47H,6-8,10,12-14,16,18-24,27-29,31-32,34-45H2,1-5H3/p+1/b11-9+,17-15+,26-25+,33-30+. The Bertz CT molecular complexity index is 1090. The van der Waals surface area contributed by atoms with Crippen LogP contribution < -0.4 is 0 Å². The van der Waals surface area contributed by atoms with Gasteiger partial charge in [0.05, 0.1) is 34.4 Å². The quantitative estimate of drug-likeness (QED) is 0.0283. The summed E-state index contributed by atoms with van der Waals surface area (Å²) < 4.78 is 17.2. The molecule has 0 aliphatic heterocycles. The van der Waals surface area contributed by atoms with Crippen LogP contribution in [-0.2, 0) is 28.6 Å². The Morgan fingerprint density at radius 2 is 0.966 bits per heavy atom. The highest BCUT2D eigenvalue weighted by Crippen LogP contribution is 2.14. The number of esters is 2. The highest BCUT2D eigenvalue weighted by atomic mass is 16.6. The summed E-state index contributed by atoms with van der Waals surface area (Å²) in [4.78, 5) is 37.0. The first kappa shape index (κ1) is 55.3. The summed E-state index contributed by atoms with van der Waals surface area (Å²) in [7, 11) is 5.51. The van der Waals surface area contributed by atoms with E-state index in [-0.39, 0.29) is 42.7 Å². The third-order valence-corrected chi connectivity index (χ3v) is 10.5. The van der Waals surface area contributed by atoms with Crippen LogP contribution in [-0.4, -0.2) is 80.6 Å². The number of hydrogen-bond acceptors (Lipinski definition) is 6. The predicted molar refractivity (Wildman–Crippen MR) is 243 cm³/mol. The van der Waals surface area contributed by atoms with Crippen molar-refractivity contribution in [2.75, 3.05) is 41.0 Å². The number of quaternary nitrogens is 1. The van der Waals surface area contributed by atoms with E-state index in [0.717, 1.165) is 51.4 Å². The summed E-state index contributed by atoms with van der Waals surface area (Å²) in [5, 5.41) is 9.62. The molecule has 8 nitrogen and oxygen atoms in total. The SMILES string of the molecule is CC/C=C/C/C=C/C/C=C/CCCCC(=O)OC(COCCC(C(=O)O)[N+](C)(C)C)COC(=O)CCCCCCCCC/C=C/CCCCCCCCCCCCC. The van der Waals surface area contributed by atoms with Gasteiger partial charge in [-0.15, -0.1) is 0 Å². The van der Waals surface area contributed by atoms with Crippen molar-refractivity contribution in [1.82, 2.24) is 0 Å². The van der Waals surface area contributed by atoms with Gasteiger partial charge in [0.2, 0.25) is 0 Å². The normalized spacial score (nSPS) is 13.3. The molecule has 0 aromatic heterocycles. The lowest BCUT2D eigenvalue weighted by molar-refractivity contribution is -0.887. The second-order valence-electron chi connectivity index (χ2n) is 17.0. The monoisotopic (exact) mass is 817 g/mol. The number of ether oxygens (including phenoxy) is 3. The maximum Gasteiger partial charge on any atom is 0.362 e. The molecule has 58 heavy (non-hydrogen) atoms. The van der Waals surface area contributed by atoms with Gasteiger partial charge in [0.25, 0.3) is 0 Å². The number of nitrogens with zero attached hydrogens (tertiary/aromatic N) is 1. The first-order chi connectivity index (χ1) is 28.1. The molecule has 0 saturated heterocycles. The zero-order chi connectivity index (χ0) is 42.8. The van der Waals surface area contributed by atoms with Crippen LogP contribution in [0.15, 0.2) is 48.6 Å². The van der Waals surface area contributed by atoms with E-state index in [0.29, 0.717) is 19.3 Å². The number of carboxylic acids is 1. The average molecular weight is 817 g/mol. The van der Waals surface area contributed by atoms with Gasteiger partial charge >= 0.3 is 17.9 Å². The van der Waals surface area contributed by atoms with Crippen molar-refractivity contribution in [3.63, 3.8) is 0 Å². The summed E-state index contributed by atoms with van der Waals surface area (Å²) in [5.41, 5.74) is 0. The van der Waals surface area contributed by atoms with Gasteiger partial charge in [0, 0.05) is 19.3 Å². The molecule has 0 aromatic carbocycles. The molecule has 0 rings (SSSR count). The third kappa shape index (κ3) is 38.8. The van der Waals surface area contributed by atoms with E-state index >= 15 is 0 Å². The number of aliphatic carboxylic acids is 1. The number of unbranched alkanes of at least 4 members (excludes halogenated alkanes) is 20. The summed E-state index contributed by atoms with van der Waals surface area (Å²) in [6.45, 7) is 4.58. The first-order valence-corrected chi connectivity index (χ1v) is 23.7. The third-order valence-electron chi connectivity index (χ3n) is 10.5. The highest BCUT2D eigenvalue weighted by Gasteiger charge is 2.31. The van der Waals surface area contributed by atoms with E-state index in [4.69, 9.17) is 14.2 Å². The number of hydrogen-bond donors (Lipinski definition) is 1. The lowest BCUT2D eigenvalue weighted by Crippen LogP contribution is -2.50. The summed E-state index contributed by atoms with van der Waals surface area (Å²) >= 11 is 0. The Morgan fingerprint density at radius 3 is 1.48 bits per heavy atom. The number of rotatable bonds is 42. The van der Waals surface area contributed by atoms with E-state index in [1.165, 1.54) is 109 Å². The first-order valence-electron chi connectivity index (χ1n) is 23.7. The summed E-state index contributed by atoms with van der Waals surface area (Å²) in [6.07, 6.45) is 48.9. The second-order valence-corrected chi connectivity index (χ2v) is 17.0. The maximum atomic E-state index is 12.7. The molecule has 336 valence electrons. The fourth-order valence-corrected chi connectivity index (χ4v) is 6.81. The average Bonchev–Trinajstić information content (AvgIpc) is 3.18. The minimum atomic E-state index is -0.882. The molecule has 0 heterocycles. The number of allylic oxidation sites excluding steroid dienone is 8. The Morgan fingerprint density at radius 1 is 0.534 bits per heavy atom. The molecule has 0 saturated carbocycles. The van der Waals surface area contributed by atoms with Crippen molar-refractivity contribution < 1.29 is 38.2 Å². The van der Waals surface area contributed by atoms with Gasteiger partial charge in [-0.25, -0.2) is 4.79 Å². The predicted octanol–water partition coefficient (Wildman–Crippen LogP) is 13.2. The van der Waals surface area contributed by atoms with Gasteiger partial charge in [-0.05, 0) is 70.6 Å². The highest BCUT2D eigenvalue weighted by molar-refractivity contribution is 5.72. The van der Waals surface area contributed by atoms with Crippen molar-refractivity contribution >= 4 is 17.9 Å². The zero-order valence-electron chi connectivity index (χ0n) is 38.2. The van der Waals surface area contributed by atoms with Crippen LogP contribution in [0.3, 0.4) is 0 Å². The zero-order valence-corrected chi connectivity index (χ0v) is 38.2. The van der Waals surface area contributed by atoms with Crippen LogP contribution in [0.25, 0.3) is 0 Å². The van der Waals surface area contributed by atoms with E-state index in [2.05, 4.69) is 62.5 Å². The largest absolute Gasteiger partial charge is 0.477 e. The van der Waals surface area contributed by atoms with E-state index in [9.17, 15) is 19.5 Å².